The van der Waals surface area contributed by atoms with Crippen molar-refractivity contribution in [1.82, 2.24) is 5.32 Å². The first-order valence-corrected chi connectivity index (χ1v) is 7.34. The van der Waals surface area contributed by atoms with Crippen molar-refractivity contribution >= 4 is 15.9 Å². The van der Waals surface area contributed by atoms with Crippen LogP contribution in [0.3, 0.4) is 0 Å². The van der Waals surface area contributed by atoms with Crippen LogP contribution in [0.4, 0.5) is 4.39 Å². The molecule has 3 heteroatoms. The van der Waals surface area contributed by atoms with Gasteiger partial charge in [-0.15, -0.1) is 0 Å². The summed E-state index contributed by atoms with van der Waals surface area (Å²) in [5.74, 6) is 0.516. The maximum Gasteiger partial charge on any atom is 0.123 e. The minimum absolute atomic E-state index is 0.171. The molecule has 2 atom stereocenters. The number of hydrogen-bond acceptors (Lipinski definition) is 1. The standard InChI is InChI=1S/C15H21BrFN/c1-10-7-15(2,3)8-14(10)18-9-11-6-12(17)4-5-13(11)16/h4-6,10,14,18H,7-9H2,1-3H3. The zero-order valence-corrected chi connectivity index (χ0v) is 12.8. The molecule has 1 aliphatic carbocycles. The normalized spacial score (nSPS) is 26.5. The lowest BCUT2D eigenvalue weighted by atomic mass is 9.91. The van der Waals surface area contributed by atoms with Crippen molar-refractivity contribution in [1.29, 1.82) is 0 Å². The van der Waals surface area contributed by atoms with Crippen LogP contribution >= 0.6 is 15.9 Å². The summed E-state index contributed by atoms with van der Waals surface area (Å²) >= 11 is 3.47. The maximum absolute atomic E-state index is 13.2. The molecular formula is C15H21BrFN. The first-order chi connectivity index (χ1) is 8.37. The van der Waals surface area contributed by atoms with E-state index in [1.807, 2.05) is 0 Å². The van der Waals surface area contributed by atoms with E-state index in [0.29, 0.717) is 17.4 Å². The van der Waals surface area contributed by atoms with Crippen LogP contribution in [0.1, 0.15) is 39.2 Å². The maximum atomic E-state index is 13.2. The minimum Gasteiger partial charge on any atom is -0.310 e. The Morgan fingerprint density at radius 3 is 2.72 bits per heavy atom. The molecule has 0 heterocycles. The molecule has 0 radical (unpaired) electrons. The molecule has 0 aromatic heterocycles. The second-order valence-electron chi connectivity index (χ2n) is 6.27. The molecular weight excluding hydrogens is 293 g/mol. The molecule has 0 aliphatic heterocycles. The Bertz CT molecular complexity index is 431. The van der Waals surface area contributed by atoms with Gasteiger partial charge in [0.2, 0.25) is 0 Å². The van der Waals surface area contributed by atoms with Gasteiger partial charge < -0.3 is 5.32 Å². The molecule has 1 N–H and O–H groups in total. The van der Waals surface area contributed by atoms with Crippen LogP contribution < -0.4 is 5.32 Å². The van der Waals surface area contributed by atoms with E-state index in [2.05, 4.69) is 42.0 Å². The fourth-order valence-electron chi connectivity index (χ4n) is 3.09. The van der Waals surface area contributed by atoms with Gasteiger partial charge in [0.05, 0.1) is 0 Å². The Balaban J connectivity index is 1.98. The number of benzene rings is 1. The molecule has 1 aromatic carbocycles. The Morgan fingerprint density at radius 1 is 1.39 bits per heavy atom. The quantitative estimate of drug-likeness (QED) is 0.866. The number of hydrogen-bond donors (Lipinski definition) is 1. The highest BCUT2D eigenvalue weighted by Gasteiger charge is 2.36. The third-order valence-corrected chi connectivity index (χ3v) is 4.67. The molecule has 1 saturated carbocycles. The third-order valence-electron chi connectivity index (χ3n) is 3.90. The van der Waals surface area contributed by atoms with Gasteiger partial charge in [0.1, 0.15) is 5.82 Å². The van der Waals surface area contributed by atoms with Gasteiger partial charge in [-0.05, 0) is 47.9 Å². The lowest BCUT2D eigenvalue weighted by Crippen LogP contribution is -2.31. The van der Waals surface area contributed by atoms with E-state index in [-0.39, 0.29) is 5.82 Å². The van der Waals surface area contributed by atoms with E-state index in [0.717, 1.165) is 16.6 Å². The van der Waals surface area contributed by atoms with Crippen LogP contribution in [0.25, 0.3) is 0 Å². The average Bonchev–Trinajstić information content (AvgIpc) is 2.53. The Labute approximate surface area is 117 Å². The molecule has 1 aromatic rings. The van der Waals surface area contributed by atoms with E-state index in [9.17, 15) is 4.39 Å². The van der Waals surface area contributed by atoms with Crippen LogP contribution in [-0.2, 0) is 6.54 Å². The van der Waals surface area contributed by atoms with Gasteiger partial charge in [-0.25, -0.2) is 4.39 Å². The van der Waals surface area contributed by atoms with E-state index < -0.39 is 0 Å². The second-order valence-corrected chi connectivity index (χ2v) is 7.13. The van der Waals surface area contributed by atoms with Crippen molar-refractivity contribution in [3.05, 3.63) is 34.1 Å². The topological polar surface area (TPSA) is 12.0 Å². The third kappa shape index (κ3) is 3.33. The molecule has 2 rings (SSSR count). The van der Waals surface area contributed by atoms with Crippen molar-refractivity contribution in [3.63, 3.8) is 0 Å². The number of halogens is 2. The molecule has 1 nitrogen and oxygen atoms in total. The summed E-state index contributed by atoms with van der Waals surface area (Å²) in [5.41, 5.74) is 1.42. The van der Waals surface area contributed by atoms with Crippen LogP contribution in [0.15, 0.2) is 22.7 Å². The molecule has 100 valence electrons. The van der Waals surface area contributed by atoms with Crippen molar-refractivity contribution in [2.24, 2.45) is 11.3 Å². The van der Waals surface area contributed by atoms with Crippen molar-refractivity contribution < 1.29 is 4.39 Å². The van der Waals surface area contributed by atoms with Crippen LogP contribution in [0.5, 0.6) is 0 Å². The van der Waals surface area contributed by atoms with E-state index in [4.69, 9.17) is 0 Å². The van der Waals surface area contributed by atoms with Gasteiger partial charge in [0.25, 0.3) is 0 Å². The highest BCUT2D eigenvalue weighted by molar-refractivity contribution is 9.10. The lowest BCUT2D eigenvalue weighted by Gasteiger charge is -2.19. The van der Waals surface area contributed by atoms with E-state index in [1.54, 1.807) is 12.1 Å². The van der Waals surface area contributed by atoms with Gasteiger partial charge in [0.15, 0.2) is 0 Å². The fraction of sp³-hybridized carbons (Fsp3) is 0.600. The molecule has 1 fully saturated rings. The Kier molecular flexibility index (Phi) is 4.12. The molecule has 0 bridgehead atoms. The lowest BCUT2D eigenvalue weighted by molar-refractivity contribution is 0.362. The summed E-state index contributed by atoms with van der Waals surface area (Å²) in [5, 5.41) is 3.57. The molecule has 1 aliphatic rings. The van der Waals surface area contributed by atoms with Gasteiger partial charge in [-0.1, -0.05) is 36.7 Å². The summed E-state index contributed by atoms with van der Waals surface area (Å²) in [7, 11) is 0. The fourth-order valence-corrected chi connectivity index (χ4v) is 3.47. The zero-order valence-electron chi connectivity index (χ0n) is 11.3. The first kappa shape index (κ1) is 14.0. The minimum atomic E-state index is -0.171. The molecule has 0 spiro atoms. The summed E-state index contributed by atoms with van der Waals surface area (Å²) in [6, 6.07) is 5.39. The zero-order chi connectivity index (χ0) is 13.3. The highest BCUT2D eigenvalue weighted by Crippen LogP contribution is 2.40. The summed E-state index contributed by atoms with van der Waals surface area (Å²) in [6.07, 6.45) is 2.45. The predicted octanol–water partition coefficient (Wildman–Crippen LogP) is 4.50. The smallest absolute Gasteiger partial charge is 0.123 e. The first-order valence-electron chi connectivity index (χ1n) is 6.55. The van der Waals surface area contributed by atoms with Crippen LogP contribution in [-0.4, -0.2) is 6.04 Å². The molecule has 2 unspecified atom stereocenters. The van der Waals surface area contributed by atoms with Crippen molar-refractivity contribution in [2.45, 2.75) is 46.2 Å². The molecule has 18 heavy (non-hydrogen) atoms. The molecule has 0 saturated heterocycles. The largest absolute Gasteiger partial charge is 0.310 e. The van der Waals surface area contributed by atoms with Crippen molar-refractivity contribution in [3.8, 4) is 0 Å². The predicted molar refractivity (Wildman–Crippen MR) is 76.9 cm³/mol. The Hall–Kier alpha value is -0.410. The van der Waals surface area contributed by atoms with E-state index in [1.165, 1.54) is 18.9 Å². The van der Waals surface area contributed by atoms with Gasteiger partial charge in [-0.3, -0.25) is 0 Å². The number of nitrogens with one attached hydrogen (secondary N) is 1. The summed E-state index contributed by atoms with van der Waals surface area (Å²) in [4.78, 5) is 0. The van der Waals surface area contributed by atoms with Crippen molar-refractivity contribution in [2.75, 3.05) is 0 Å². The SMILES string of the molecule is CC1CC(C)(C)CC1NCc1cc(F)ccc1Br. The molecule has 0 amide bonds. The highest BCUT2D eigenvalue weighted by atomic mass is 79.9. The van der Waals surface area contributed by atoms with Crippen LogP contribution in [0, 0.1) is 17.2 Å². The second kappa shape index (κ2) is 5.30. The van der Waals surface area contributed by atoms with Gasteiger partial charge >= 0.3 is 0 Å². The summed E-state index contributed by atoms with van der Waals surface area (Å²) in [6.45, 7) is 7.67. The summed E-state index contributed by atoms with van der Waals surface area (Å²) < 4.78 is 14.2. The average molecular weight is 314 g/mol. The number of rotatable bonds is 3. The van der Waals surface area contributed by atoms with Crippen LogP contribution in [0.2, 0.25) is 0 Å². The van der Waals surface area contributed by atoms with Gasteiger partial charge in [-0.2, -0.15) is 0 Å². The monoisotopic (exact) mass is 313 g/mol. The van der Waals surface area contributed by atoms with Gasteiger partial charge in [0, 0.05) is 17.1 Å². The Morgan fingerprint density at radius 2 is 2.11 bits per heavy atom. The van der Waals surface area contributed by atoms with E-state index >= 15 is 0 Å².